The van der Waals surface area contributed by atoms with Gasteiger partial charge >= 0.3 is 0 Å². The molecule has 0 radical (unpaired) electrons. The third-order valence-corrected chi connectivity index (χ3v) is 8.46. The van der Waals surface area contributed by atoms with E-state index >= 15 is 0 Å². The lowest BCUT2D eigenvalue weighted by Crippen LogP contribution is -2.45. The fourth-order valence-electron chi connectivity index (χ4n) is 6.15. The number of carbonyl (C=O) groups excluding carboxylic acids is 2. The van der Waals surface area contributed by atoms with Crippen molar-refractivity contribution in [2.24, 2.45) is 11.3 Å². The van der Waals surface area contributed by atoms with Crippen molar-refractivity contribution in [1.29, 1.82) is 0 Å². The van der Waals surface area contributed by atoms with Crippen molar-refractivity contribution in [1.82, 2.24) is 10.2 Å². The van der Waals surface area contributed by atoms with Gasteiger partial charge in [-0.1, -0.05) is 42.3 Å². The quantitative estimate of drug-likeness (QED) is 0.285. The van der Waals surface area contributed by atoms with Crippen LogP contribution in [0, 0.1) is 24.1 Å². The van der Waals surface area contributed by atoms with Crippen LogP contribution in [0.1, 0.15) is 66.9 Å². The number of phenolic OH excluding ortho intramolecular Hbond substituents is 1. The number of piperidine rings is 1. The van der Waals surface area contributed by atoms with Crippen LogP contribution in [-0.4, -0.2) is 55.3 Å². The average molecular weight is 533 g/mol. The first kappa shape index (κ1) is 28.9. The van der Waals surface area contributed by atoms with Gasteiger partial charge in [0, 0.05) is 23.6 Å². The molecule has 4 rings (SSSR count). The van der Waals surface area contributed by atoms with Crippen molar-refractivity contribution in [2.75, 3.05) is 33.7 Å². The van der Waals surface area contributed by atoms with Crippen LogP contribution >= 0.6 is 0 Å². The Morgan fingerprint density at radius 1 is 1.13 bits per heavy atom. The van der Waals surface area contributed by atoms with Crippen LogP contribution in [0.2, 0.25) is 0 Å². The summed E-state index contributed by atoms with van der Waals surface area (Å²) in [4.78, 5) is 30.7. The van der Waals surface area contributed by atoms with E-state index in [-0.39, 0.29) is 35.5 Å². The monoisotopic (exact) mass is 532 g/mol. The number of aromatic hydroxyl groups is 1. The van der Waals surface area contributed by atoms with Crippen molar-refractivity contribution < 1.29 is 19.1 Å². The zero-order chi connectivity index (χ0) is 28.2. The second kappa shape index (κ2) is 12.4. The summed E-state index contributed by atoms with van der Waals surface area (Å²) in [7, 11) is 4.09. The summed E-state index contributed by atoms with van der Waals surface area (Å²) < 4.78 is 14.7. The van der Waals surface area contributed by atoms with E-state index in [0.29, 0.717) is 40.8 Å². The van der Waals surface area contributed by atoms with Gasteiger partial charge in [-0.2, -0.15) is 0 Å². The number of benzene rings is 2. The van der Waals surface area contributed by atoms with Gasteiger partial charge < -0.3 is 15.3 Å². The molecule has 0 aromatic heterocycles. The molecule has 2 aromatic carbocycles. The summed E-state index contributed by atoms with van der Waals surface area (Å²) in [6.45, 7) is 6.22. The Morgan fingerprint density at radius 3 is 2.59 bits per heavy atom. The largest absolute Gasteiger partial charge is 0.508 e. The summed E-state index contributed by atoms with van der Waals surface area (Å²) in [6.07, 6.45) is 6.49. The number of nitrogens with one attached hydrogen (secondary N) is 1. The predicted octanol–water partition coefficient (Wildman–Crippen LogP) is 6.11. The molecule has 1 aliphatic carbocycles. The highest BCUT2D eigenvalue weighted by Crippen LogP contribution is 2.49. The topological polar surface area (TPSA) is 69.6 Å². The average Bonchev–Trinajstić information content (AvgIpc) is 2.93. The number of hydrogen-bond donors (Lipinski definition) is 2. The van der Waals surface area contributed by atoms with Crippen molar-refractivity contribution in [3.05, 3.63) is 82.2 Å². The van der Waals surface area contributed by atoms with E-state index in [1.807, 2.05) is 33.2 Å². The molecule has 39 heavy (non-hydrogen) atoms. The fraction of sp³-hybridized carbons (Fsp3) is 0.455. The molecule has 1 aliphatic heterocycles. The molecule has 5 nitrogen and oxygen atoms in total. The number of rotatable bonds is 10. The number of phenols is 1. The molecule has 0 spiro atoms. The van der Waals surface area contributed by atoms with Crippen molar-refractivity contribution >= 4 is 17.1 Å². The van der Waals surface area contributed by atoms with Crippen LogP contribution in [0.5, 0.6) is 5.75 Å². The molecular formula is C33H41FN2O3. The van der Waals surface area contributed by atoms with Gasteiger partial charge in [0.2, 0.25) is 0 Å². The zero-order valence-electron chi connectivity index (χ0n) is 23.6. The van der Waals surface area contributed by atoms with Gasteiger partial charge in [0.25, 0.3) is 0 Å². The Hall–Kier alpha value is -3.09. The molecule has 1 saturated heterocycles. The molecule has 2 atom stereocenters. The van der Waals surface area contributed by atoms with Gasteiger partial charge in [-0.25, -0.2) is 4.39 Å². The Kier molecular flexibility index (Phi) is 9.19. The molecule has 1 fully saturated rings. The number of hydrogen-bond acceptors (Lipinski definition) is 5. The molecule has 0 saturated carbocycles. The normalized spacial score (nSPS) is 21.7. The highest BCUT2D eigenvalue weighted by atomic mass is 19.1. The first-order valence-corrected chi connectivity index (χ1v) is 14.0. The number of nitrogens with zero attached hydrogens (tertiary/aromatic N) is 1. The van der Waals surface area contributed by atoms with E-state index in [1.54, 1.807) is 25.1 Å². The van der Waals surface area contributed by atoms with Crippen LogP contribution in [-0.2, 0) is 4.79 Å². The Balaban J connectivity index is 1.85. The van der Waals surface area contributed by atoms with Gasteiger partial charge in [0.15, 0.2) is 5.78 Å². The van der Waals surface area contributed by atoms with E-state index < -0.39 is 5.41 Å². The van der Waals surface area contributed by atoms with E-state index in [0.717, 1.165) is 44.3 Å². The van der Waals surface area contributed by atoms with Crippen LogP contribution < -0.4 is 5.32 Å². The van der Waals surface area contributed by atoms with Crippen molar-refractivity contribution in [3.8, 4) is 5.75 Å². The lowest BCUT2D eigenvalue weighted by Gasteiger charge is -2.41. The minimum absolute atomic E-state index is 0.00627. The minimum Gasteiger partial charge on any atom is -0.508 e. The van der Waals surface area contributed by atoms with Crippen molar-refractivity contribution in [2.45, 2.75) is 52.4 Å². The smallest absolute Gasteiger partial charge is 0.189 e. The Bertz CT molecular complexity index is 1290. The van der Waals surface area contributed by atoms with E-state index in [9.17, 15) is 19.1 Å². The summed E-state index contributed by atoms with van der Waals surface area (Å²) >= 11 is 0. The van der Waals surface area contributed by atoms with Crippen LogP contribution in [0.3, 0.4) is 0 Å². The Labute approximate surface area is 231 Å². The molecule has 1 heterocycles. The Morgan fingerprint density at radius 2 is 1.90 bits per heavy atom. The lowest BCUT2D eigenvalue weighted by molar-refractivity contribution is -0.132. The maximum absolute atomic E-state index is 14.7. The third-order valence-electron chi connectivity index (χ3n) is 8.46. The highest BCUT2D eigenvalue weighted by molar-refractivity contribution is 6.16. The number of halogens is 1. The van der Waals surface area contributed by atoms with E-state index in [2.05, 4.69) is 10.2 Å². The first-order chi connectivity index (χ1) is 18.6. The molecular weight excluding hydrogens is 491 g/mol. The number of ketones is 2. The van der Waals surface area contributed by atoms with Crippen molar-refractivity contribution in [3.63, 3.8) is 0 Å². The number of unbranched alkanes of at least 4 members (excludes halogenated alkanes) is 1. The SMILES string of the molecule is CC1=CC(c2cccc(F)c2C)=C(C(=O)c2cccc(O)c2)CC1(CCCCN(C)C)C(=O)C1CCCNC1. The second-order valence-electron chi connectivity index (χ2n) is 11.4. The predicted molar refractivity (Wildman–Crippen MR) is 154 cm³/mol. The molecule has 2 aromatic rings. The fourth-order valence-corrected chi connectivity index (χ4v) is 6.15. The lowest BCUT2D eigenvalue weighted by atomic mass is 9.61. The summed E-state index contributed by atoms with van der Waals surface area (Å²) in [5.74, 6) is -0.470. The standard InChI is InChI=1S/C33H41FN2O3/c1-22-18-28(27-13-8-14-30(34)23(27)2)29(31(38)24-10-7-12-26(37)19-24)20-33(22,15-5-6-17-36(3)4)32(39)25-11-9-16-35-21-25/h7-8,10,12-14,18-19,25,35,37H,5-6,9,11,15-17,20-21H2,1-4H3. The van der Waals surface area contributed by atoms with E-state index in [4.69, 9.17) is 0 Å². The summed E-state index contributed by atoms with van der Waals surface area (Å²) in [5, 5.41) is 13.5. The number of allylic oxidation sites excluding steroid dienone is 4. The van der Waals surface area contributed by atoms with Crippen LogP contribution in [0.4, 0.5) is 4.39 Å². The van der Waals surface area contributed by atoms with E-state index in [1.165, 1.54) is 18.2 Å². The highest BCUT2D eigenvalue weighted by Gasteiger charge is 2.46. The van der Waals surface area contributed by atoms with Gasteiger partial charge in [-0.3, -0.25) is 9.59 Å². The molecule has 0 amide bonds. The molecule has 2 N–H and O–H groups in total. The third kappa shape index (κ3) is 6.23. The molecule has 2 unspecified atom stereocenters. The second-order valence-corrected chi connectivity index (χ2v) is 11.4. The molecule has 6 heteroatoms. The molecule has 208 valence electrons. The summed E-state index contributed by atoms with van der Waals surface area (Å²) in [5.41, 5.74) is 2.79. The van der Waals surface area contributed by atoms with Gasteiger partial charge in [-0.05, 0) is 108 Å². The number of carbonyl (C=O) groups is 2. The molecule has 0 bridgehead atoms. The maximum Gasteiger partial charge on any atom is 0.189 e. The first-order valence-electron chi connectivity index (χ1n) is 14.0. The minimum atomic E-state index is -0.803. The van der Waals surface area contributed by atoms with Crippen LogP contribution in [0.15, 0.2) is 59.7 Å². The zero-order valence-corrected chi connectivity index (χ0v) is 23.6. The maximum atomic E-state index is 14.7. The van der Waals surface area contributed by atoms with Gasteiger partial charge in [-0.15, -0.1) is 0 Å². The molecule has 2 aliphatic rings. The van der Waals surface area contributed by atoms with Gasteiger partial charge in [0.05, 0.1) is 5.41 Å². The van der Waals surface area contributed by atoms with Gasteiger partial charge in [0.1, 0.15) is 17.3 Å². The number of Topliss-reactive ketones (excluding diaryl/α,β-unsaturated/α-hetero) is 2. The summed E-state index contributed by atoms with van der Waals surface area (Å²) in [6, 6.07) is 11.2. The van der Waals surface area contributed by atoms with Crippen LogP contribution in [0.25, 0.3) is 5.57 Å².